The average Bonchev–Trinajstić information content (AvgIpc) is 2.66. The minimum absolute atomic E-state index is 0.247. The molecule has 1 amide bonds. The third-order valence-electron chi connectivity index (χ3n) is 1.83. The predicted octanol–water partition coefficient (Wildman–Crippen LogP) is 0.639. The number of amides is 1. The van der Waals surface area contributed by atoms with Gasteiger partial charge in [-0.3, -0.25) is 14.9 Å². The normalized spacial score (nSPS) is 9.87. The van der Waals surface area contributed by atoms with Gasteiger partial charge in [-0.15, -0.1) is 0 Å². The highest BCUT2D eigenvalue weighted by atomic mass is 16.1. The topological polar surface area (TPSA) is 96.7 Å². The fourth-order valence-corrected chi connectivity index (χ4v) is 1.11. The van der Waals surface area contributed by atoms with Crippen molar-refractivity contribution in [3.63, 3.8) is 0 Å². The first-order chi connectivity index (χ1) is 7.27. The number of nitrogens with zero attached hydrogens (tertiary/aromatic N) is 2. The van der Waals surface area contributed by atoms with Crippen LogP contribution in [-0.2, 0) is 0 Å². The first-order valence-electron chi connectivity index (χ1n) is 4.27. The van der Waals surface area contributed by atoms with E-state index in [1.807, 2.05) is 0 Å². The van der Waals surface area contributed by atoms with Crippen LogP contribution in [0, 0.1) is 0 Å². The molecular weight excluding hydrogens is 194 g/mol. The number of aromatic nitrogens is 3. The Balaban J connectivity index is 2.15. The summed E-state index contributed by atoms with van der Waals surface area (Å²) >= 11 is 0. The molecule has 0 atom stereocenters. The molecule has 2 rings (SSSR count). The van der Waals surface area contributed by atoms with E-state index in [9.17, 15) is 4.79 Å². The van der Waals surface area contributed by atoms with Crippen LogP contribution >= 0.6 is 0 Å². The monoisotopic (exact) mass is 203 g/mol. The van der Waals surface area contributed by atoms with E-state index in [4.69, 9.17) is 5.73 Å². The highest BCUT2D eigenvalue weighted by molar-refractivity contribution is 6.06. The van der Waals surface area contributed by atoms with Crippen molar-refractivity contribution >= 4 is 17.4 Å². The van der Waals surface area contributed by atoms with Gasteiger partial charge in [0.1, 0.15) is 11.4 Å². The molecule has 0 radical (unpaired) electrons. The van der Waals surface area contributed by atoms with E-state index in [1.54, 1.807) is 24.5 Å². The maximum atomic E-state index is 11.6. The molecule has 6 nitrogen and oxygen atoms in total. The Bertz CT molecular complexity index is 464. The molecule has 0 spiro atoms. The number of carbonyl (C=O) groups excluding carboxylic acids is 1. The van der Waals surface area contributed by atoms with Crippen molar-refractivity contribution in [2.45, 2.75) is 0 Å². The molecule has 0 saturated heterocycles. The summed E-state index contributed by atoms with van der Waals surface area (Å²) in [7, 11) is 0. The van der Waals surface area contributed by atoms with E-state index >= 15 is 0 Å². The second-order valence-electron chi connectivity index (χ2n) is 2.89. The van der Waals surface area contributed by atoms with Gasteiger partial charge in [-0.25, -0.2) is 0 Å². The summed E-state index contributed by atoms with van der Waals surface area (Å²) in [6.07, 6.45) is 4.55. The van der Waals surface area contributed by atoms with Crippen LogP contribution in [-0.4, -0.2) is 21.1 Å². The molecule has 2 heterocycles. The molecule has 4 N–H and O–H groups in total. The van der Waals surface area contributed by atoms with E-state index in [-0.39, 0.29) is 11.7 Å². The van der Waals surface area contributed by atoms with Crippen LogP contribution < -0.4 is 11.1 Å². The number of nitrogens with one attached hydrogen (secondary N) is 2. The molecule has 2 aromatic rings. The minimum atomic E-state index is -0.311. The number of H-pyrrole nitrogens is 1. The van der Waals surface area contributed by atoms with Gasteiger partial charge in [0.2, 0.25) is 0 Å². The van der Waals surface area contributed by atoms with Crippen LogP contribution in [0.4, 0.5) is 11.5 Å². The molecule has 2 aromatic heterocycles. The van der Waals surface area contributed by atoms with Crippen LogP contribution in [0.1, 0.15) is 10.4 Å². The zero-order valence-electron chi connectivity index (χ0n) is 7.77. The van der Waals surface area contributed by atoms with Crippen LogP contribution in [0.25, 0.3) is 0 Å². The molecule has 0 aliphatic carbocycles. The second kappa shape index (κ2) is 3.79. The van der Waals surface area contributed by atoms with Crippen molar-refractivity contribution in [3.8, 4) is 0 Å². The lowest BCUT2D eigenvalue weighted by Gasteiger charge is -2.02. The number of aromatic amines is 1. The summed E-state index contributed by atoms with van der Waals surface area (Å²) in [5.41, 5.74) is 6.43. The molecule has 0 fully saturated rings. The molecule has 0 bridgehead atoms. The minimum Gasteiger partial charge on any atom is -0.383 e. The molecule has 0 aliphatic heterocycles. The van der Waals surface area contributed by atoms with Gasteiger partial charge in [0.15, 0.2) is 0 Å². The number of hydrogen-bond acceptors (Lipinski definition) is 4. The first-order valence-corrected chi connectivity index (χ1v) is 4.27. The van der Waals surface area contributed by atoms with E-state index in [0.717, 1.165) is 0 Å². The summed E-state index contributed by atoms with van der Waals surface area (Å²) < 4.78 is 0. The van der Waals surface area contributed by atoms with Crippen molar-refractivity contribution in [1.29, 1.82) is 0 Å². The summed E-state index contributed by atoms with van der Waals surface area (Å²) in [5.74, 6) is -0.0642. The molecule has 15 heavy (non-hydrogen) atoms. The smallest absolute Gasteiger partial charge is 0.261 e. The van der Waals surface area contributed by atoms with Crippen LogP contribution in [0.15, 0.2) is 30.7 Å². The molecule has 0 unspecified atom stereocenters. The summed E-state index contributed by atoms with van der Waals surface area (Å²) in [6.45, 7) is 0. The fourth-order valence-electron chi connectivity index (χ4n) is 1.11. The third kappa shape index (κ3) is 1.93. The standard InChI is InChI=1S/C9H9N5O/c10-8-7(5-12-14-8)9(15)13-6-2-1-3-11-4-6/h1-5H,(H,13,15)(H3,10,12,14). The Morgan fingerprint density at radius 3 is 2.93 bits per heavy atom. The highest BCUT2D eigenvalue weighted by Crippen LogP contribution is 2.10. The quantitative estimate of drug-likeness (QED) is 0.667. The number of rotatable bonds is 2. The summed E-state index contributed by atoms with van der Waals surface area (Å²) in [4.78, 5) is 15.5. The largest absolute Gasteiger partial charge is 0.383 e. The zero-order valence-corrected chi connectivity index (χ0v) is 7.77. The van der Waals surface area contributed by atoms with Crippen molar-refractivity contribution in [3.05, 3.63) is 36.3 Å². The molecular formula is C9H9N5O. The van der Waals surface area contributed by atoms with E-state index in [1.165, 1.54) is 6.20 Å². The number of nitrogen functional groups attached to an aromatic ring is 1. The van der Waals surface area contributed by atoms with Crippen molar-refractivity contribution in [1.82, 2.24) is 15.2 Å². The SMILES string of the molecule is Nc1[nH]ncc1C(=O)Nc1cccnc1. The Kier molecular flexibility index (Phi) is 2.32. The maximum Gasteiger partial charge on any atom is 0.261 e. The predicted molar refractivity (Wildman–Crippen MR) is 55.2 cm³/mol. The van der Waals surface area contributed by atoms with Gasteiger partial charge in [-0.1, -0.05) is 0 Å². The average molecular weight is 203 g/mol. The fraction of sp³-hybridized carbons (Fsp3) is 0. The molecule has 0 saturated carbocycles. The molecule has 76 valence electrons. The van der Waals surface area contributed by atoms with Gasteiger partial charge in [0, 0.05) is 6.20 Å². The lowest BCUT2D eigenvalue weighted by atomic mass is 10.3. The Hall–Kier alpha value is -2.37. The van der Waals surface area contributed by atoms with Gasteiger partial charge in [0.05, 0.1) is 18.1 Å². The second-order valence-corrected chi connectivity index (χ2v) is 2.89. The van der Waals surface area contributed by atoms with Gasteiger partial charge < -0.3 is 11.1 Å². The molecule has 0 aliphatic rings. The number of anilines is 2. The Morgan fingerprint density at radius 2 is 2.33 bits per heavy atom. The number of nitrogens with two attached hydrogens (primary N) is 1. The number of pyridine rings is 1. The summed E-state index contributed by atoms with van der Waals surface area (Å²) in [5, 5.41) is 8.79. The lowest BCUT2D eigenvalue weighted by Crippen LogP contribution is -2.12. The summed E-state index contributed by atoms with van der Waals surface area (Å²) in [6, 6.07) is 3.47. The van der Waals surface area contributed by atoms with Crippen LogP contribution in [0.5, 0.6) is 0 Å². The van der Waals surface area contributed by atoms with Crippen LogP contribution in [0.3, 0.4) is 0 Å². The first kappa shape index (κ1) is 9.20. The van der Waals surface area contributed by atoms with Crippen molar-refractivity contribution in [2.75, 3.05) is 11.1 Å². The Morgan fingerprint density at radius 1 is 1.47 bits per heavy atom. The number of carbonyl (C=O) groups is 1. The van der Waals surface area contributed by atoms with Crippen molar-refractivity contribution in [2.24, 2.45) is 0 Å². The van der Waals surface area contributed by atoms with Gasteiger partial charge in [-0.05, 0) is 12.1 Å². The third-order valence-corrected chi connectivity index (χ3v) is 1.83. The van der Waals surface area contributed by atoms with Gasteiger partial charge in [0.25, 0.3) is 5.91 Å². The van der Waals surface area contributed by atoms with E-state index in [0.29, 0.717) is 11.3 Å². The van der Waals surface area contributed by atoms with E-state index in [2.05, 4.69) is 20.5 Å². The van der Waals surface area contributed by atoms with E-state index < -0.39 is 0 Å². The van der Waals surface area contributed by atoms with Gasteiger partial charge >= 0.3 is 0 Å². The zero-order chi connectivity index (χ0) is 10.7. The number of hydrogen-bond donors (Lipinski definition) is 3. The van der Waals surface area contributed by atoms with Gasteiger partial charge in [-0.2, -0.15) is 5.10 Å². The highest BCUT2D eigenvalue weighted by Gasteiger charge is 2.11. The molecule has 0 aromatic carbocycles. The van der Waals surface area contributed by atoms with Crippen molar-refractivity contribution < 1.29 is 4.79 Å². The maximum absolute atomic E-state index is 11.6. The Labute approximate surface area is 85.5 Å². The molecule has 6 heteroatoms. The van der Waals surface area contributed by atoms with Crippen LogP contribution in [0.2, 0.25) is 0 Å². The lowest BCUT2D eigenvalue weighted by molar-refractivity contribution is 0.102.